The Kier molecular flexibility index (Phi) is 10.2. The Balaban J connectivity index is 1.90. The number of allylic oxidation sites excluding steroid dienone is 4. The molecule has 0 amide bonds. The Morgan fingerprint density at radius 1 is 1.19 bits per heavy atom. The van der Waals surface area contributed by atoms with Crippen molar-refractivity contribution in [3.63, 3.8) is 0 Å². The zero-order chi connectivity index (χ0) is 22.6. The van der Waals surface area contributed by atoms with Gasteiger partial charge in [0.25, 0.3) is 0 Å². The number of nitrogens with zero attached hydrogens (tertiary/aromatic N) is 4. The highest BCUT2D eigenvalue weighted by molar-refractivity contribution is 7.99. The van der Waals surface area contributed by atoms with Crippen LogP contribution in [0.4, 0.5) is 0 Å². The minimum Gasteiger partial charge on any atom is -0.466 e. The first-order valence-corrected chi connectivity index (χ1v) is 11.1. The van der Waals surface area contributed by atoms with E-state index < -0.39 is 0 Å². The Morgan fingerprint density at radius 3 is 2.61 bits per heavy atom. The smallest absolute Gasteiger partial charge is 0.333 e. The second-order valence-corrected chi connectivity index (χ2v) is 8.15. The normalized spacial score (nSPS) is 14.6. The summed E-state index contributed by atoms with van der Waals surface area (Å²) in [6.45, 7) is 5.82. The van der Waals surface area contributed by atoms with Gasteiger partial charge in [-0.2, -0.15) is 4.68 Å². The van der Waals surface area contributed by atoms with Crippen molar-refractivity contribution in [1.29, 1.82) is 0 Å². The first kappa shape index (κ1) is 24.6. The molecule has 166 valence electrons. The van der Waals surface area contributed by atoms with Crippen LogP contribution >= 0.6 is 11.8 Å². The van der Waals surface area contributed by atoms with E-state index in [0.717, 1.165) is 28.6 Å². The highest BCUT2D eigenvalue weighted by Gasteiger charge is 2.11. The lowest BCUT2D eigenvalue weighted by Gasteiger charge is -2.11. The van der Waals surface area contributed by atoms with Crippen molar-refractivity contribution in [3.05, 3.63) is 65.8 Å². The van der Waals surface area contributed by atoms with Crippen LogP contribution in [0.5, 0.6) is 0 Å². The van der Waals surface area contributed by atoms with Gasteiger partial charge in [-0.25, -0.2) is 4.79 Å². The van der Waals surface area contributed by atoms with E-state index in [4.69, 9.17) is 9.47 Å². The van der Waals surface area contributed by atoms with Crippen molar-refractivity contribution in [2.24, 2.45) is 5.92 Å². The molecule has 0 bridgehead atoms. The van der Waals surface area contributed by atoms with Crippen molar-refractivity contribution in [1.82, 2.24) is 20.2 Å². The van der Waals surface area contributed by atoms with E-state index in [9.17, 15) is 4.79 Å². The Morgan fingerprint density at radius 2 is 1.94 bits per heavy atom. The Labute approximate surface area is 188 Å². The van der Waals surface area contributed by atoms with Crippen LogP contribution in [0.1, 0.15) is 27.2 Å². The number of thioether (sulfide) groups is 1. The minimum absolute atomic E-state index is 0.0131. The quantitative estimate of drug-likeness (QED) is 0.221. The standard InChI is InChI=1S/C23H30N4O3S/c1-17(15-19(3)22(28)30-5)11-12-18(2)16-21(29-4)13-14-31-23-24-25-26-27(23)20-9-7-6-8-10-20/h6-12,15-17,21H,13-14H2,1-5H3/b12-11+,18-16+,19-15+/t17-,21+/m1/s1. The lowest BCUT2D eigenvalue weighted by Crippen LogP contribution is -2.09. The molecule has 2 atom stereocenters. The average molecular weight is 443 g/mol. The van der Waals surface area contributed by atoms with E-state index in [-0.39, 0.29) is 18.0 Å². The summed E-state index contributed by atoms with van der Waals surface area (Å²) in [6, 6.07) is 9.82. The van der Waals surface area contributed by atoms with Crippen molar-refractivity contribution in [3.8, 4) is 5.69 Å². The molecule has 0 N–H and O–H groups in total. The Bertz CT molecular complexity index is 922. The fourth-order valence-electron chi connectivity index (χ4n) is 2.87. The zero-order valence-electron chi connectivity index (χ0n) is 18.7. The maximum atomic E-state index is 11.5. The molecule has 0 aliphatic carbocycles. The van der Waals surface area contributed by atoms with Crippen LogP contribution in [0.3, 0.4) is 0 Å². The number of ether oxygens (including phenoxy) is 2. The molecule has 0 aliphatic heterocycles. The van der Waals surface area contributed by atoms with Crippen LogP contribution in [-0.2, 0) is 14.3 Å². The average Bonchev–Trinajstić information content (AvgIpc) is 3.25. The number of methoxy groups -OCH3 is 2. The molecule has 0 spiro atoms. The van der Waals surface area contributed by atoms with Gasteiger partial charge in [-0.15, -0.1) is 5.10 Å². The summed E-state index contributed by atoms with van der Waals surface area (Å²) in [5, 5.41) is 12.8. The molecule has 0 saturated carbocycles. The number of para-hydroxylation sites is 1. The van der Waals surface area contributed by atoms with Gasteiger partial charge in [0.2, 0.25) is 5.16 Å². The van der Waals surface area contributed by atoms with Crippen molar-refractivity contribution in [2.75, 3.05) is 20.0 Å². The van der Waals surface area contributed by atoms with Crippen molar-refractivity contribution >= 4 is 17.7 Å². The summed E-state index contributed by atoms with van der Waals surface area (Å²) in [7, 11) is 3.10. The molecule has 8 heteroatoms. The van der Waals surface area contributed by atoms with Crippen LogP contribution in [0.25, 0.3) is 5.69 Å². The predicted molar refractivity (Wildman–Crippen MR) is 123 cm³/mol. The first-order valence-electron chi connectivity index (χ1n) is 10.1. The van der Waals surface area contributed by atoms with Gasteiger partial charge in [0.15, 0.2) is 0 Å². The summed E-state index contributed by atoms with van der Waals surface area (Å²) < 4.78 is 12.1. The summed E-state index contributed by atoms with van der Waals surface area (Å²) in [6.07, 6.45) is 8.89. The third-order valence-corrected chi connectivity index (χ3v) is 5.46. The van der Waals surface area contributed by atoms with Crippen LogP contribution < -0.4 is 0 Å². The molecular formula is C23H30N4O3S. The molecule has 2 rings (SSSR count). The van der Waals surface area contributed by atoms with E-state index >= 15 is 0 Å². The lowest BCUT2D eigenvalue weighted by molar-refractivity contribution is -0.136. The van der Waals surface area contributed by atoms with Crippen molar-refractivity contribution in [2.45, 2.75) is 38.5 Å². The molecule has 0 radical (unpaired) electrons. The second-order valence-electron chi connectivity index (χ2n) is 7.09. The predicted octanol–water partition coefficient (Wildman–Crippen LogP) is 4.42. The third kappa shape index (κ3) is 8.15. The van der Waals surface area contributed by atoms with Gasteiger partial charge in [0, 0.05) is 18.4 Å². The fraction of sp³-hybridized carbons (Fsp3) is 0.391. The number of aromatic nitrogens is 4. The van der Waals surface area contributed by atoms with Gasteiger partial charge < -0.3 is 9.47 Å². The van der Waals surface area contributed by atoms with Crippen LogP contribution in [0, 0.1) is 5.92 Å². The topological polar surface area (TPSA) is 79.1 Å². The molecule has 31 heavy (non-hydrogen) atoms. The monoisotopic (exact) mass is 442 g/mol. The maximum absolute atomic E-state index is 11.5. The molecule has 1 heterocycles. The zero-order valence-corrected chi connectivity index (χ0v) is 19.5. The first-order chi connectivity index (χ1) is 14.9. The summed E-state index contributed by atoms with van der Waals surface area (Å²) >= 11 is 1.60. The molecule has 0 unspecified atom stereocenters. The third-order valence-electron chi connectivity index (χ3n) is 4.51. The number of benzene rings is 1. The molecular weight excluding hydrogens is 412 g/mol. The maximum Gasteiger partial charge on any atom is 0.333 e. The number of hydrogen-bond acceptors (Lipinski definition) is 7. The van der Waals surface area contributed by atoms with Crippen molar-refractivity contribution < 1.29 is 14.3 Å². The number of esters is 1. The minimum atomic E-state index is -0.303. The fourth-order valence-corrected chi connectivity index (χ4v) is 3.76. The van der Waals surface area contributed by atoms with E-state index in [1.807, 2.05) is 62.4 Å². The Hall–Kier alpha value is -2.71. The van der Waals surface area contributed by atoms with Crippen LogP contribution in [0.15, 0.2) is 70.9 Å². The van der Waals surface area contributed by atoms with Gasteiger partial charge in [0.05, 0.1) is 18.9 Å². The molecule has 1 aromatic carbocycles. The van der Waals surface area contributed by atoms with Gasteiger partial charge >= 0.3 is 5.97 Å². The van der Waals surface area contributed by atoms with E-state index in [1.54, 1.807) is 30.5 Å². The molecule has 7 nitrogen and oxygen atoms in total. The van der Waals surface area contributed by atoms with Crippen LogP contribution in [0.2, 0.25) is 0 Å². The van der Waals surface area contributed by atoms with Gasteiger partial charge in [-0.3, -0.25) is 0 Å². The van der Waals surface area contributed by atoms with E-state index in [1.165, 1.54) is 7.11 Å². The van der Waals surface area contributed by atoms with E-state index in [0.29, 0.717) is 5.57 Å². The number of carbonyl (C=O) groups excluding carboxylic acids is 1. The van der Waals surface area contributed by atoms with E-state index in [2.05, 4.69) is 21.6 Å². The number of hydrogen-bond donors (Lipinski definition) is 0. The molecule has 0 fully saturated rings. The molecule has 0 saturated heterocycles. The lowest BCUT2D eigenvalue weighted by atomic mass is 10.1. The summed E-state index contributed by atoms with van der Waals surface area (Å²) in [4.78, 5) is 11.5. The highest BCUT2D eigenvalue weighted by atomic mass is 32.2. The number of carbonyl (C=O) groups is 1. The molecule has 0 aliphatic rings. The highest BCUT2D eigenvalue weighted by Crippen LogP contribution is 2.20. The van der Waals surface area contributed by atoms with Gasteiger partial charge in [-0.1, -0.05) is 66.8 Å². The summed E-state index contributed by atoms with van der Waals surface area (Å²) in [5.41, 5.74) is 2.64. The second kappa shape index (κ2) is 12.9. The number of rotatable bonds is 11. The largest absolute Gasteiger partial charge is 0.466 e. The molecule has 2 aromatic rings. The SMILES string of the molecule is COC(=O)/C(C)=C/[C@H](C)/C=C/C(C)=C/[C@H](CCSc1nnnn1-c1ccccc1)OC. The van der Waals surface area contributed by atoms with Crippen LogP contribution in [-0.4, -0.2) is 52.3 Å². The summed E-state index contributed by atoms with van der Waals surface area (Å²) in [5.74, 6) is 0.634. The van der Waals surface area contributed by atoms with Gasteiger partial charge in [-0.05, 0) is 48.7 Å². The number of tetrazole rings is 1. The molecule has 1 aromatic heterocycles. The van der Waals surface area contributed by atoms with Gasteiger partial charge in [0.1, 0.15) is 0 Å².